The topological polar surface area (TPSA) is 92.3 Å². The molecule has 2 rings (SSSR count). The van der Waals surface area contributed by atoms with Crippen LogP contribution in [0.3, 0.4) is 0 Å². The molecule has 2 amide bonds. The molecule has 0 saturated heterocycles. The summed E-state index contributed by atoms with van der Waals surface area (Å²) in [7, 11) is 0. The number of nitrogens with one attached hydrogen (secondary N) is 2. The van der Waals surface area contributed by atoms with Gasteiger partial charge in [-0.1, -0.05) is 0 Å². The molecular formula is C15H22N4O3. The van der Waals surface area contributed by atoms with Crippen molar-refractivity contribution in [2.75, 3.05) is 11.9 Å². The van der Waals surface area contributed by atoms with Crippen molar-refractivity contribution in [1.29, 1.82) is 0 Å². The molecule has 22 heavy (non-hydrogen) atoms. The number of carbonyl (C=O) groups is 1. The number of aryl methyl sites for hydroxylation is 1. The van der Waals surface area contributed by atoms with Gasteiger partial charge in [-0.3, -0.25) is 4.68 Å². The van der Waals surface area contributed by atoms with Crippen molar-refractivity contribution in [2.45, 2.75) is 39.3 Å². The van der Waals surface area contributed by atoms with E-state index in [-0.39, 0.29) is 12.6 Å². The molecule has 120 valence electrons. The van der Waals surface area contributed by atoms with Crippen LogP contribution in [0.1, 0.15) is 38.3 Å². The average Bonchev–Trinajstić information content (AvgIpc) is 3.06. The summed E-state index contributed by atoms with van der Waals surface area (Å²) in [6.07, 6.45) is 3.33. The van der Waals surface area contributed by atoms with E-state index in [1.165, 1.54) is 0 Å². The Balaban J connectivity index is 1.89. The molecule has 7 heteroatoms. The fourth-order valence-corrected chi connectivity index (χ4v) is 1.92. The van der Waals surface area contributed by atoms with Gasteiger partial charge < -0.3 is 20.2 Å². The molecule has 0 aliphatic rings. The van der Waals surface area contributed by atoms with E-state index < -0.39 is 11.6 Å². The highest BCUT2D eigenvalue weighted by atomic mass is 16.4. The van der Waals surface area contributed by atoms with Crippen LogP contribution in [0, 0.1) is 6.92 Å². The number of urea groups is 1. The van der Waals surface area contributed by atoms with Crippen molar-refractivity contribution in [3.05, 3.63) is 36.0 Å². The van der Waals surface area contributed by atoms with Crippen LogP contribution in [0.4, 0.5) is 10.5 Å². The first-order chi connectivity index (χ1) is 10.3. The van der Waals surface area contributed by atoms with E-state index >= 15 is 0 Å². The Morgan fingerprint density at radius 3 is 2.77 bits per heavy atom. The van der Waals surface area contributed by atoms with Crippen molar-refractivity contribution < 1.29 is 14.3 Å². The van der Waals surface area contributed by atoms with Crippen molar-refractivity contribution in [3.8, 4) is 0 Å². The monoisotopic (exact) mass is 306 g/mol. The van der Waals surface area contributed by atoms with Crippen LogP contribution >= 0.6 is 0 Å². The lowest BCUT2D eigenvalue weighted by atomic mass is 10.0. The zero-order chi connectivity index (χ0) is 16.3. The minimum absolute atomic E-state index is 0.0318. The van der Waals surface area contributed by atoms with Gasteiger partial charge in [0.05, 0.1) is 18.4 Å². The van der Waals surface area contributed by atoms with Crippen LogP contribution in [0.15, 0.2) is 28.9 Å². The summed E-state index contributed by atoms with van der Waals surface area (Å²) in [5.41, 5.74) is -0.673. The Morgan fingerprint density at radius 2 is 2.23 bits per heavy atom. The fourth-order valence-electron chi connectivity index (χ4n) is 1.92. The molecule has 0 spiro atoms. The number of aromatic nitrogens is 2. The fraction of sp³-hybridized carbons (Fsp3) is 0.467. The molecular weight excluding hydrogens is 284 g/mol. The Kier molecular flexibility index (Phi) is 4.56. The molecule has 0 saturated carbocycles. The summed E-state index contributed by atoms with van der Waals surface area (Å²) in [6, 6.07) is 3.28. The van der Waals surface area contributed by atoms with Crippen molar-refractivity contribution in [1.82, 2.24) is 15.1 Å². The SMILES string of the molecule is Cc1ccc(C(C)(O)CNC(=O)Nc2cnn(C(C)C)c2)o1. The zero-order valence-electron chi connectivity index (χ0n) is 13.3. The van der Waals surface area contributed by atoms with Gasteiger partial charge in [0, 0.05) is 12.2 Å². The van der Waals surface area contributed by atoms with E-state index in [2.05, 4.69) is 15.7 Å². The van der Waals surface area contributed by atoms with Gasteiger partial charge in [-0.25, -0.2) is 4.79 Å². The molecule has 7 nitrogen and oxygen atoms in total. The molecule has 0 aromatic carbocycles. The summed E-state index contributed by atoms with van der Waals surface area (Å²) in [6.45, 7) is 7.41. The number of rotatable bonds is 5. The van der Waals surface area contributed by atoms with E-state index in [4.69, 9.17) is 4.42 Å². The van der Waals surface area contributed by atoms with E-state index in [1.807, 2.05) is 13.8 Å². The molecule has 0 aliphatic heterocycles. The van der Waals surface area contributed by atoms with Gasteiger partial charge in [-0.05, 0) is 39.8 Å². The van der Waals surface area contributed by atoms with Crippen molar-refractivity contribution >= 4 is 11.7 Å². The van der Waals surface area contributed by atoms with Gasteiger partial charge in [0.2, 0.25) is 0 Å². The predicted molar refractivity (Wildman–Crippen MR) is 82.6 cm³/mol. The maximum Gasteiger partial charge on any atom is 0.319 e. The highest BCUT2D eigenvalue weighted by Gasteiger charge is 2.27. The Hall–Kier alpha value is -2.28. The number of anilines is 1. The number of carbonyl (C=O) groups excluding carboxylic acids is 1. The van der Waals surface area contributed by atoms with E-state index in [0.29, 0.717) is 17.2 Å². The molecule has 1 atom stereocenters. The minimum atomic E-state index is -1.27. The lowest BCUT2D eigenvalue weighted by Crippen LogP contribution is -2.40. The maximum absolute atomic E-state index is 11.9. The van der Waals surface area contributed by atoms with Gasteiger partial charge in [0.15, 0.2) is 0 Å². The normalized spacial score (nSPS) is 13.9. The second kappa shape index (κ2) is 6.23. The molecule has 2 heterocycles. The molecule has 2 aromatic rings. The summed E-state index contributed by atoms with van der Waals surface area (Å²) < 4.78 is 7.14. The number of hydrogen-bond donors (Lipinski definition) is 3. The summed E-state index contributed by atoms with van der Waals surface area (Å²) in [4.78, 5) is 11.9. The minimum Gasteiger partial charge on any atom is -0.463 e. The van der Waals surface area contributed by atoms with Crippen LogP contribution in [-0.2, 0) is 5.60 Å². The molecule has 0 fully saturated rings. The Bertz CT molecular complexity index is 643. The third-order valence-corrected chi connectivity index (χ3v) is 3.25. The number of nitrogens with zero attached hydrogens (tertiary/aromatic N) is 2. The number of furan rings is 1. The molecule has 3 N–H and O–H groups in total. The quantitative estimate of drug-likeness (QED) is 0.791. The lowest BCUT2D eigenvalue weighted by Gasteiger charge is -2.21. The van der Waals surface area contributed by atoms with E-state index in [1.54, 1.807) is 43.1 Å². The van der Waals surface area contributed by atoms with Crippen LogP contribution in [-0.4, -0.2) is 27.5 Å². The van der Waals surface area contributed by atoms with Gasteiger partial charge in [-0.2, -0.15) is 5.10 Å². The second-order valence-electron chi connectivity index (χ2n) is 5.79. The zero-order valence-corrected chi connectivity index (χ0v) is 13.3. The first-order valence-electron chi connectivity index (χ1n) is 7.16. The molecule has 1 unspecified atom stereocenters. The smallest absolute Gasteiger partial charge is 0.319 e. The van der Waals surface area contributed by atoms with Gasteiger partial charge in [-0.15, -0.1) is 0 Å². The van der Waals surface area contributed by atoms with Crippen molar-refractivity contribution in [2.24, 2.45) is 0 Å². The predicted octanol–water partition coefficient (Wildman–Crippen LogP) is 2.39. The number of hydrogen-bond acceptors (Lipinski definition) is 4. The number of amides is 2. The van der Waals surface area contributed by atoms with Crippen LogP contribution < -0.4 is 10.6 Å². The van der Waals surface area contributed by atoms with Gasteiger partial charge in [0.25, 0.3) is 0 Å². The van der Waals surface area contributed by atoms with Crippen molar-refractivity contribution in [3.63, 3.8) is 0 Å². The first-order valence-corrected chi connectivity index (χ1v) is 7.16. The largest absolute Gasteiger partial charge is 0.463 e. The van der Waals surface area contributed by atoms with E-state index in [9.17, 15) is 9.90 Å². The summed E-state index contributed by atoms with van der Waals surface area (Å²) in [5, 5.41) is 19.8. The van der Waals surface area contributed by atoms with E-state index in [0.717, 1.165) is 0 Å². The summed E-state index contributed by atoms with van der Waals surface area (Å²) in [5.74, 6) is 1.12. The lowest BCUT2D eigenvalue weighted by molar-refractivity contribution is 0.0364. The maximum atomic E-state index is 11.9. The molecule has 2 aromatic heterocycles. The summed E-state index contributed by atoms with van der Waals surface area (Å²) >= 11 is 0. The first kappa shape index (κ1) is 16.1. The highest BCUT2D eigenvalue weighted by molar-refractivity contribution is 5.88. The standard InChI is InChI=1S/C15H22N4O3/c1-10(2)19-8-12(7-17-19)18-14(20)16-9-15(4,21)13-6-5-11(3)22-13/h5-8,10,21H,9H2,1-4H3,(H2,16,18,20). The molecule has 0 aliphatic carbocycles. The molecule has 0 radical (unpaired) electrons. The van der Waals surface area contributed by atoms with Gasteiger partial charge in [0.1, 0.15) is 17.1 Å². The second-order valence-corrected chi connectivity index (χ2v) is 5.79. The van der Waals surface area contributed by atoms with Crippen LogP contribution in [0.5, 0.6) is 0 Å². The van der Waals surface area contributed by atoms with Crippen LogP contribution in [0.2, 0.25) is 0 Å². The Morgan fingerprint density at radius 1 is 1.50 bits per heavy atom. The Labute approximate surface area is 129 Å². The number of aliphatic hydroxyl groups is 1. The third-order valence-electron chi connectivity index (χ3n) is 3.25. The van der Waals surface area contributed by atoms with Crippen LogP contribution in [0.25, 0.3) is 0 Å². The average molecular weight is 306 g/mol. The van der Waals surface area contributed by atoms with Gasteiger partial charge >= 0.3 is 6.03 Å². The molecule has 0 bridgehead atoms. The highest BCUT2D eigenvalue weighted by Crippen LogP contribution is 2.22. The third kappa shape index (κ3) is 3.88.